The molecular weight excluding hydrogens is 218 g/mol. The molecule has 96 valence electrons. The van der Waals surface area contributed by atoms with Crippen molar-refractivity contribution >= 4 is 17.4 Å². The van der Waals surface area contributed by atoms with Gasteiger partial charge in [-0.05, 0) is 13.3 Å². The Hall–Kier alpha value is -1.72. The van der Waals surface area contributed by atoms with E-state index in [9.17, 15) is 4.79 Å². The number of carbonyl (C=O) groups is 1. The van der Waals surface area contributed by atoms with Gasteiger partial charge in [-0.25, -0.2) is 0 Å². The van der Waals surface area contributed by atoms with E-state index in [1.54, 1.807) is 17.9 Å². The van der Waals surface area contributed by atoms with Crippen LogP contribution in [0.2, 0.25) is 0 Å². The van der Waals surface area contributed by atoms with E-state index in [4.69, 9.17) is 5.73 Å². The Bertz CT molecular complexity index is 374. The Morgan fingerprint density at radius 2 is 2.35 bits per heavy atom. The number of aryl methyl sites for hydroxylation is 1. The number of rotatable bonds is 6. The molecule has 1 heterocycles. The molecule has 1 atom stereocenters. The van der Waals surface area contributed by atoms with Gasteiger partial charge in [0.2, 0.25) is 5.91 Å². The van der Waals surface area contributed by atoms with Crippen LogP contribution >= 0.6 is 0 Å². The van der Waals surface area contributed by atoms with E-state index in [-0.39, 0.29) is 11.9 Å². The fraction of sp³-hybridized carbons (Fsp3) is 0.636. The van der Waals surface area contributed by atoms with E-state index in [2.05, 4.69) is 15.7 Å². The molecular formula is C11H21N5O. The quantitative estimate of drug-likeness (QED) is 0.683. The molecule has 4 N–H and O–H groups in total. The predicted molar refractivity (Wildman–Crippen MR) is 68.6 cm³/mol. The highest BCUT2D eigenvalue weighted by molar-refractivity contribution is 5.76. The lowest BCUT2D eigenvalue weighted by atomic mass is 10.2. The largest absolute Gasteiger partial charge is 0.394 e. The molecule has 6 heteroatoms. The lowest BCUT2D eigenvalue weighted by Crippen LogP contribution is -2.33. The highest BCUT2D eigenvalue weighted by atomic mass is 16.1. The topological polar surface area (TPSA) is 85.0 Å². The fourth-order valence-corrected chi connectivity index (χ4v) is 1.39. The molecule has 17 heavy (non-hydrogen) atoms. The minimum atomic E-state index is 0.0429. The summed E-state index contributed by atoms with van der Waals surface area (Å²) in [4.78, 5) is 11.5. The maximum Gasteiger partial charge on any atom is 0.221 e. The van der Waals surface area contributed by atoms with Gasteiger partial charge in [-0.2, -0.15) is 5.10 Å². The molecule has 0 bridgehead atoms. The Kier molecular flexibility index (Phi) is 4.81. The van der Waals surface area contributed by atoms with Crippen molar-refractivity contribution in [2.45, 2.75) is 32.7 Å². The number of nitrogens with two attached hydrogens (primary N) is 1. The van der Waals surface area contributed by atoms with E-state index in [0.29, 0.717) is 24.5 Å². The first-order valence-corrected chi connectivity index (χ1v) is 5.85. The number of hydrogen-bond donors (Lipinski definition) is 3. The fourth-order valence-electron chi connectivity index (χ4n) is 1.39. The van der Waals surface area contributed by atoms with E-state index < -0.39 is 0 Å². The standard InChI is InChI=1S/C11H21N5O/c1-4-8(2)14-10(17)5-6-13-11-9(12)7-16(3)15-11/h7-8H,4-6,12H2,1-3H3,(H,13,15)(H,14,17). The summed E-state index contributed by atoms with van der Waals surface area (Å²) >= 11 is 0. The van der Waals surface area contributed by atoms with E-state index in [1.165, 1.54) is 0 Å². The van der Waals surface area contributed by atoms with Gasteiger partial charge in [0, 0.05) is 32.3 Å². The van der Waals surface area contributed by atoms with Crippen LogP contribution in [0, 0.1) is 0 Å². The van der Waals surface area contributed by atoms with Gasteiger partial charge in [0.05, 0.1) is 5.69 Å². The molecule has 0 saturated heterocycles. The third kappa shape index (κ3) is 4.34. The van der Waals surface area contributed by atoms with Crippen LogP contribution in [0.1, 0.15) is 26.7 Å². The Balaban J connectivity index is 2.28. The van der Waals surface area contributed by atoms with Crippen LogP contribution in [-0.2, 0) is 11.8 Å². The van der Waals surface area contributed by atoms with Gasteiger partial charge < -0.3 is 16.4 Å². The second kappa shape index (κ2) is 6.12. The first-order chi connectivity index (χ1) is 8.02. The molecule has 1 unspecified atom stereocenters. The van der Waals surface area contributed by atoms with Gasteiger partial charge in [-0.15, -0.1) is 0 Å². The third-order valence-corrected chi connectivity index (χ3v) is 2.52. The number of hydrogen-bond acceptors (Lipinski definition) is 4. The van der Waals surface area contributed by atoms with Gasteiger partial charge in [-0.1, -0.05) is 6.92 Å². The lowest BCUT2D eigenvalue weighted by Gasteiger charge is -2.11. The van der Waals surface area contributed by atoms with Crippen LogP contribution in [-0.4, -0.2) is 28.3 Å². The number of nitrogens with one attached hydrogen (secondary N) is 2. The summed E-state index contributed by atoms with van der Waals surface area (Å²) in [7, 11) is 1.80. The van der Waals surface area contributed by atoms with Crippen LogP contribution < -0.4 is 16.4 Å². The molecule has 0 saturated carbocycles. The molecule has 1 aromatic rings. The minimum absolute atomic E-state index is 0.0429. The number of carbonyl (C=O) groups excluding carboxylic acids is 1. The Morgan fingerprint density at radius 3 is 2.88 bits per heavy atom. The molecule has 0 aromatic carbocycles. The molecule has 1 rings (SSSR count). The van der Waals surface area contributed by atoms with Gasteiger partial charge in [0.15, 0.2) is 5.82 Å². The third-order valence-electron chi connectivity index (χ3n) is 2.52. The molecule has 0 aliphatic heterocycles. The summed E-state index contributed by atoms with van der Waals surface area (Å²) in [6.45, 7) is 4.56. The maximum atomic E-state index is 11.5. The van der Waals surface area contributed by atoms with Crippen molar-refractivity contribution in [3.05, 3.63) is 6.20 Å². The zero-order valence-electron chi connectivity index (χ0n) is 10.7. The highest BCUT2D eigenvalue weighted by Gasteiger charge is 2.07. The normalized spacial score (nSPS) is 12.2. The van der Waals surface area contributed by atoms with E-state index >= 15 is 0 Å². The summed E-state index contributed by atoms with van der Waals surface area (Å²) in [5.74, 6) is 0.671. The number of anilines is 2. The second-order valence-corrected chi connectivity index (χ2v) is 4.16. The molecule has 6 nitrogen and oxygen atoms in total. The summed E-state index contributed by atoms with van der Waals surface area (Å²) in [6.07, 6.45) is 3.08. The molecule has 0 fully saturated rings. The zero-order valence-corrected chi connectivity index (χ0v) is 10.7. The summed E-state index contributed by atoms with van der Waals surface area (Å²) in [5.41, 5.74) is 6.31. The van der Waals surface area contributed by atoms with Crippen molar-refractivity contribution < 1.29 is 4.79 Å². The monoisotopic (exact) mass is 239 g/mol. The molecule has 0 radical (unpaired) electrons. The average Bonchev–Trinajstić information content (AvgIpc) is 2.57. The first-order valence-electron chi connectivity index (χ1n) is 5.85. The Morgan fingerprint density at radius 1 is 1.65 bits per heavy atom. The molecule has 1 amide bonds. The minimum Gasteiger partial charge on any atom is -0.394 e. The Labute approximate surface area is 102 Å². The van der Waals surface area contributed by atoms with Gasteiger partial charge in [0.1, 0.15) is 0 Å². The summed E-state index contributed by atoms with van der Waals surface area (Å²) in [6, 6.07) is 0.224. The second-order valence-electron chi connectivity index (χ2n) is 4.16. The van der Waals surface area contributed by atoms with Gasteiger partial charge >= 0.3 is 0 Å². The molecule has 0 spiro atoms. The van der Waals surface area contributed by atoms with Crippen LogP contribution in [0.15, 0.2) is 6.20 Å². The SMILES string of the molecule is CCC(C)NC(=O)CCNc1nn(C)cc1N. The van der Waals surface area contributed by atoms with Crippen LogP contribution in [0.3, 0.4) is 0 Å². The summed E-state index contributed by atoms with van der Waals surface area (Å²) in [5, 5.41) is 10.1. The lowest BCUT2D eigenvalue weighted by molar-refractivity contribution is -0.121. The summed E-state index contributed by atoms with van der Waals surface area (Å²) < 4.78 is 1.64. The van der Waals surface area contributed by atoms with Crippen LogP contribution in [0.5, 0.6) is 0 Å². The van der Waals surface area contributed by atoms with Crippen molar-refractivity contribution in [2.75, 3.05) is 17.6 Å². The molecule has 1 aromatic heterocycles. The average molecular weight is 239 g/mol. The van der Waals surface area contributed by atoms with Crippen molar-refractivity contribution in [1.29, 1.82) is 0 Å². The van der Waals surface area contributed by atoms with Crippen LogP contribution in [0.25, 0.3) is 0 Å². The smallest absolute Gasteiger partial charge is 0.221 e. The molecule has 0 aliphatic rings. The van der Waals surface area contributed by atoms with Crippen molar-refractivity contribution in [1.82, 2.24) is 15.1 Å². The van der Waals surface area contributed by atoms with Crippen molar-refractivity contribution in [2.24, 2.45) is 7.05 Å². The van der Waals surface area contributed by atoms with Crippen molar-refractivity contribution in [3.8, 4) is 0 Å². The zero-order chi connectivity index (χ0) is 12.8. The number of nitrogens with zero attached hydrogens (tertiary/aromatic N) is 2. The molecule has 0 aliphatic carbocycles. The van der Waals surface area contributed by atoms with E-state index in [0.717, 1.165) is 6.42 Å². The van der Waals surface area contributed by atoms with Gasteiger partial charge in [0.25, 0.3) is 0 Å². The first kappa shape index (κ1) is 13.3. The van der Waals surface area contributed by atoms with Gasteiger partial charge in [-0.3, -0.25) is 9.48 Å². The maximum absolute atomic E-state index is 11.5. The number of nitrogen functional groups attached to an aromatic ring is 1. The number of amides is 1. The van der Waals surface area contributed by atoms with Crippen LogP contribution in [0.4, 0.5) is 11.5 Å². The number of aromatic nitrogens is 2. The predicted octanol–water partition coefficient (Wildman–Crippen LogP) is 0.719. The van der Waals surface area contributed by atoms with Crippen molar-refractivity contribution in [3.63, 3.8) is 0 Å². The van der Waals surface area contributed by atoms with E-state index in [1.807, 2.05) is 13.8 Å². The highest BCUT2D eigenvalue weighted by Crippen LogP contribution is 2.13.